The molecule has 1 aliphatic heterocycles. The highest BCUT2D eigenvalue weighted by atomic mass is 32.2. The Morgan fingerprint density at radius 1 is 1.38 bits per heavy atom. The van der Waals surface area contributed by atoms with Gasteiger partial charge in [-0.3, -0.25) is 9.67 Å². The summed E-state index contributed by atoms with van der Waals surface area (Å²) in [6.07, 6.45) is 5.15. The summed E-state index contributed by atoms with van der Waals surface area (Å²) in [6.45, 7) is 2.92. The van der Waals surface area contributed by atoms with E-state index in [9.17, 15) is 0 Å². The number of guanidine groups is 1. The minimum Gasteiger partial charge on any atom is -0.352 e. The molecule has 6 heteroatoms. The Kier molecular flexibility index (Phi) is 5.80. The number of hydrogen-bond acceptors (Lipinski definition) is 3. The average molecular weight is 344 g/mol. The van der Waals surface area contributed by atoms with Crippen molar-refractivity contribution in [2.24, 2.45) is 18.0 Å². The molecule has 1 unspecified atom stereocenters. The summed E-state index contributed by atoms with van der Waals surface area (Å²) in [7, 11) is 3.80. The van der Waals surface area contributed by atoms with Gasteiger partial charge in [0.25, 0.3) is 0 Å². The fourth-order valence-corrected chi connectivity index (χ4v) is 4.02. The van der Waals surface area contributed by atoms with Crippen LogP contribution in [0, 0.1) is 5.92 Å². The Balaban J connectivity index is 1.46. The average Bonchev–Trinajstić information content (AvgIpc) is 3.24. The number of aliphatic imine (C=N–C) groups is 1. The third-order valence-electron chi connectivity index (χ3n) is 4.24. The maximum atomic E-state index is 4.44. The second-order valence-corrected chi connectivity index (χ2v) is 7.24. The van der Waals surface area contributed by atoms with Gasteiger partial charge in [0.05, 0.1) is 6.20 Å². The smallest absolute Gasteiger partial charge is 0.193 e. The van der Waals surface area contributed by atoms with Crippen LogP contribution < -0.4 is 5.32 Å². The van der Waals surface area contributed by atoms with Crippen molar-refractivity contribution in [3.63, 3.8) is 0 Å². The molecule has 128 valence electrons. The topological polar surface area (TPSA) is 45.5 Å². The van der Waals surface area contributed by atoms with E-state index in [2.05, 4.69) is 50.6 Å². The number of aryl methyl sites for hydroxylation is 1. The van der Waals surface area contributed by atoms with E-state index in [0.29, 0.717) is 5.92 Å². The number of aromatic nitrogens is 2. The molecule has 24 heavy (non-hydrogen) atoms. The number of nitrogens with zero attached hydrogens (tertiary/aromatic N) is 4. The van der Waals surface area contributed by atoms with Gasteiger partial charge in [-0.2, -0.15) is 5.10 Å². The maximum Gasteiger partial charge on any atom is 0.193 e. The van der Waals surface area contributed by atoms with Crippen molar-refractivity contribution < 1.29 is 0 Å². The van der Waals surface area contributed by atoms with Crippen LogP contribution in [0.2, 0.25) is 0 Å². The van der Waals surface area contributed by atoms with E-state index < -0.39 is 0 Å². The van der Waals surface area contributed by atoms with Gasteiger partial charge >= 0.3 is 0 Å². The van der Waals surface area contributed by atoms with E-state index in [-0.39, 0.29) is 0 Å². The van der Waals surface area contributed by atoms with Gasteiger partial charge in [-0.1, -0.05) is 18.2 Å². The molecule has 5 nitrogen and oxygen atoms in total. The number of nitrogens with one attached hydrogen (secondary N) is 1. The Bertz CT molecular complexity index is 667. The monoisotopic (exact) mass is 343 g/mol. The van der Waals surface area contributed by atoms with Crippen molar-refractivity contribution in [3.05, 3.63) is 48.3 Å². The van der Waals surface area contributed by atoms with Gasteiger partial charge in [-0.15, -0.1) is 11.8 Å². The van der Waals surface area contributed by atoms with Gasteiger partial charge in [0.15, 0.2) is 5.96 Å². The van der Waals surface area contributed by atoms with Crippen LogP contribution in [0.5, 0.6) is 0 Å². The van der Waals surface area contributed by atoms with Gasteiger partial charge in [0.2, 0.25) is 0 Å². The molecule has 1 atom stereocenters. The molecule has 1 saturated heterocycles. The van der Waals surface area contributed by atoms with Crippen molar-refractivity contribution in [3.8, 4) is 0 Å². The van der Waals surface area contributed by atoms with Crippen molar-refractivity contribution in [1.82, 2.24) is 20.0 Å². The first-order valence-electron chi connectivity index (χ1n) is 8.35. The molecule has 0 saturated carbocycles. The quantitative estimate of drug-likeness (QED) is 0.515. The molecule has 1 aromatic heterocycles. The Morgan fingerprint density at radius 3 is 2.92 bits per heavy atom. The van der Waals surface area contributed by atoms with Gasteiger partial charge < -0.3 is 10.2 Å². The summed E-state index contributed by atoms with van der Waals surface area (Å²) >= 11 is 1.95. The van der Waals surface area contributed by atoms with Crippen molar-refractivity contribution in [2.75, 3.05) is 25.9 Å². The Hall–Kier alpha value is -1.95. The van der Waals surface area contributed by atoms with E-state index in [4.69, 9.17) is 0 Å². The van der Waals surface area contributed by atoms with Crippen LogP contribution in [0.1, 0.15) is 12.0 Å². The molecule has 1 aliphatic rings. The van der Waals surface area contributed by atoms with E-state index >= 15 is 0 Å². The molecule has 1 fully saturated rings. The van der Waals surface area contributed by atoms with Crippen LogP contribution in [0.3, 0.4) is 0 Å². The van der Waals surface area contributed by atoms with E-state index in [1.807, 2.05) is 42.9 Å². The molecule has 0 spiro atoms. The summed E-state index contributed by atoms with van der Waals surface area (Å²) < 4.78 is 1.83. The molecule has 0 amide bonds. The van der Waals surface area contributed by atoms with Crippen LogP contribution in [-0.4, -0.2) is 46.5 Å². The molecular formula is C18H25N5S. The highest BCUT2D eigenvalue weighted by molar-refractivity contribution is 7.99. The fourth-order valence-electron chi connectivity index (χ4n) is 2.97. The fraction of sp³-hybridized carbons (Fsp3) is 0.444. The van der Waals surface area contributed by atoms with Gasteiger partial charge in [-0.05, 0) is 24.5 Å². The normalized spacial score (nSPS) is 18.2. The van der Waals surface area contributed by atoms with Crippen LogP contribution in [-0.2, 0) is 13.6 Å². The second kappa shape index (κ2) is 8.24. The maximum absolute atomic E-state index is 4.44. The van der Waals surface area contributed by atoms with Gasteiger partial charge in [-0.25, -0.2) is 0 Å². The lowest BCUT2D eigenvalue weighted by atomic mass is 10.2. The second-order valence-electron chi connectivity index (χ2n) is 6.15. The molecule has 2 heterocycles. The Labute approximate surface area is 148 Å². The van der Waals surface area contributed by atoms with Crippen LogP contribution >= 0.6 is 11.8 Å². The van der Waals surface area contributed by atoms with E-state index in [0.717, 1.165) is 25.6 Å². The molecule has 3 rings (SSSR count). The molecule has 1 aromatic carbocycles. The first kappa shape index (κ1) is 16.9. The number of rotatable bonds is 5. The van der Waals surface area contributed by atoms with Crippen molar-refractivity contribution >= 4 is 17.7 Å². The third kappa shape index (κ3) is 4.54. The van der Waals surface area contributed by atoms with E-state index in [1.165, 1.54) is 22.6 Å². The minimum atomic E-state index is 0.715. The van der Waals surface area contributed by atoms with Gasteiger partial charge in [0, 0.05) is 56.1 Å². The summed E-state index contributed by atoms with van der Waals surface area (Å²) in [5.41, 5.74) is 1.18. The largest absolute Gasteiger partial charge is 0.352 e. The van der Waals surface area contributed by atoms with Crippen LogP contribution in [0.25, 0.3) is 0 Å². The first-order chi connectivity index (χ1) is 11.7. The first-order valence-corrected chi connectivity index (χ1v) is 9.34. The lowest BCUT2D eigenvalue weighted by Crippen LogP contribution is -2.39. The molecular weight excluding hydrogens is 318 g/mol. The number of benzene rings is 1. The molecule has 0 aliphatic carbocycles. The number of likely N-dealkylation sites (tertiary alicyclic amines) is 1. The standard InChI is InChI=1S/C18H25N5S/c1-19-18(20-10-16-11-21-22(2)12-16)23-9-8-15(13-23)14-24-17-6-4-3-5-7-17/h3-7,11-12,15H,8-10,13-14H2,1-2H3,(H,19,20). The molecule has 0 bridgehead atoms. The zero-order chi connectivity index (χ0) is 16.8. The highest BCUT2D eigenvalue weighted by Crippen LogP contribution is 2.25. The lowest BCUT2D eigenvalue weighted by Gasteiger charge is -2.21. The van der Waals surface area contributed by atoms with E-state index in [1.54, 1.807) is 0 Å². The summed E-state index contributed by atoms with van der Waals surface area (Å²) in [5, 5.41) is 7.65. The third-order valence-corrected chi connectivity index (χ3v) is 5.48. The highest BCUT2D eigenvalue weighted by Gasteiger charge is 2.24. The number of hydrogen-bond donors (Lipinski definition) is 1. The van der Waals surface area contributed by atoms with Gasteiger partial charge in [0.1, 0.15) is 0 Å². The summed E-state index contributed by atoms with van der Waals surface area (Å²) in [6, 6.07) is 10.7. The lowest BCUT2D eigenvalue weighted by molar-refractivity contribution is 0.474. The predicted molar refractivity (Wildman–Crippen MR) is 100 cm³/mol. The molecule has 1 N–H and O–H groups in total. The number of thioether (sulfide) groups is 1. The van der Waals surface area contributed by atoms with Crippen LogP contribution in [0.15, 0.2) is 52.6 Å². The van der Waals surface area contributed by atoms with Crippen molar-refractivity contribution in [2.45, 2.75) is 17.9 Å². The zero-order valence-corrected chi connectivity index (χ0v) is 15.2. The molecule has 2 aromatic rings. The summed E-state index contributed by atoms with van der Waals surface area (Å²) in [4.78, 5) is 8.17. The minimum absolute atomic E-state index is 0.715. The van der Waals surface area contributed by atoms with Crippen LogP contribution in [0.4, 0.5) is 0 Å². The Morgan fingerprint density at radius 2 is 2.21 bits per heavy atom. The predicted octanol–water partition coefficient (Wildman–Crippen LogP) is 2.61. The SMILES string of the molecule is CN=C(NCc1cnn(C)c1)N1CCC(CSc2ccccc2)C1. The molecule has 0 radical (unpaired) electrons. The summed E-state index contributed by atoms with van der Waals surface area (Å²) in [5.74, 6) is 2.87. The zero-order valence-electron chi connectivity index (χ0n) is 14.4. The van der Waals surface area contributed by atoms with Crippen molar-refractivity contribution in [1.29, 1.82) is 0 Å².